The molecule has 1 heterocycles. The van der Waals surface area contributed by atoms with E-state index in [1.54, 1.807) is 47.7 Å². The van der Waals surface area contributed by atoms with Crippen LogP contribution >= 0.6 is 23.1 Å². The molecule has 2 aromatic rings. The van der Waals surface area contributed by atoms with Crippen molar-refractivity contribution in [2.75, 3.05) is 6.54 Å². The van der Waals surface area contributed by atoms with E-state index in [1.165, 1.54) is 19.3 Å². The summed E-state index contributed by atoms with van der Waals surface area (Å²) in [6.45, 7) is 2.29. The third-order valence-corrected chi connectivity index (χ3v) is 6.65. The van der Waals surface area contributed by atoms with Gasteiger partial charge in [-0.05, 0) is 37.8 Å². The van der Waals surface area contributed by atoms with E-state index < -0.39 is 12.1 Å². The highest BCUT2D eigenvalue weighted by molar-refractivity contribution is 7.98. The molecule has 3 rings (SSSR count). The molecular weight excluding hydrogens is 392 g/mol. The minimum atomic E-state index is -0.812. The molecule has 1 aromatic heterocycles. The largest absolute Gasteiger partial charge is 0.449 e. The Labute approximate surface area is 174 Å². The number of nitrogens with one attached hydrogen (secondary N) is 1. The fourth-order valence-corrected chi connectivity index (χ4v) is 4.89. The third kappa shape index (κ3) is 6.07. The minimum Gasteiger partial charge on any atom is -0.449 e. The van der Waals surface area contributed by atoms with E-state index in [0.29, 0.717) is 23.8 Å². The zero-order valence-corrected chi connectivity index (χ0v) is 17.7. The highest BCUT2D eigenvalue weighted by Crippen LogP contribution is 2.27. The number of thioether (sulfide) groups is 1. The third-order valence-electron chi connectivity index (χ3n) is 4.91. The minimum absolute atomic E-state index is 0.230. The Hall–Kier alpha value is -1.86. The molecule has 1 atom stereocenters. The van der Waals surface area contributed by atoms with Crippen molar-refractivity contribution in [2.24, 2.45) is 5.92 Å². The van der Waals surface area contributed by atoms with Crippen molar-refractivity contribution in [2.45, 2.75) is 55.8 Å². The van der Waals surface area contributed by atoms with Crippen LogP contribution in [0.4, 0.5) is 0 Å². The molecule has 1 saturated carbocycles. The summed E-state index contributed by atoms with van der Waals surface area (Å²) in [6.07, 6.45) is 5.28. The second-order valence-corrected chi connectivity index (χ2v) is 8.80. The van der Waals surface area contributed by atoms with Gasteiger partial charge >= 0.3 is 5.97 Å². The molecule has 1 unspecified atom stereocenters. The summed E-state index contributed by atoms with van der Waals surface area (Å²) in [5, 5.41) is 4.93. The van der Waals surface area contributed by atoms with Crippen molar-refractivity contribution in [3.05, 3.63) is 46.4 Å². The highest BCUT2D eigenvalue weighted by atomic mass is 32.2. The molecule has 150 valence electrons. The van der Waals surface area contributed by atoms with Crippen LogP contribution in [0, 0.1) is 5.92 Å². The van der Waals surface area contributed by atoms with Crippen molar-refractivity contribution in [1.29, 1.82) is 0 Å². The molecule has 0 aliphatic heterocycles. The van der Waals surface area contributed by atoms with Crippen LogP contribution in [0.3, 0.4) is 0 Å². The zero-order valence-electron chi connectivity index (χ0n) is 16.1. The predicted octanol–water partition coefficient (Wildman–Crippen LogP) is 4.68. The zero-order chi connectivity index (χ0) is 19.8. The lowest BCUT2D eigenvalue weighted by Crippen LogP contribution is -2.38. The number of aromatic nitrogens is 1. The topological polar surface area (TPSA) is 68.3 Å². The van der Waals surface area contributed by atoms with Crippen molar-refractivity contribution in [1.82, 2.24) is 10.3 Å². The first-order valence-electron chi connectivity index (χ1n) is 9.71. The van der Waals surface area contributed by atoms with E-state index in [2.05, 4.69) is 10.3 Å². The molecule has 1 aliphatic carbocycles. The summed E-state index contributed by atoms with van der Waals surface area (Å²) < 4.78 is 5.44. The van der Waals surface area contributed by atoms with Gasteiger partial charge < -0.3 is 10.1 Å². The number of benzene rings is 1. The molecule has 1 amide bonds. The predicted molar refractivity (Wildman–Crippen MR) is 113 cm³/mol. The number of thiazole rings is 1. The summed E-state index contributed by atoms with van der Waals surface area (Å²) in [4.78, 5) is 30.0. The van der Waals surface area contributed by atoms with E-state index in [-0.39, 0.29) is 5.91 Å². The number of nitrogens with zero attached hydrogens (tertiary/aromatic N) is 1. The monoisotopic (exact) mass is 418 g/mol. The molecule has 1 fully saturated rings. The normalized spacial score (nSPS) is 15.8. The maximum atomic E-state index is 12.6. The van der Waals surface area contributed by atoms with Gasteiger partial charge in [-0.2, -0.15) is 0 Å². The molecule has 28 heavy (non-hydrogen) atoms. The SMILES string of the molecule is CC(OC(=O)c1ccccc1SCc1cscn1)C(=O)NCC1CCCCC1. The molecule has 0 bridgehead atoms. The molecule has 1 aromatic carbocycles. The number of rotatable bonds is 8. The number of carbonyl (C=O) groups is 2. The number of carbonyl (C=O) groups excluding carboxylic acids is 2. The lowest BCUT2D eigenvalue weighted by atomic mass is 9.89. The van der Waals surface area contributed by atoms with Crippen molar-refractivity contribution in [3.63, 3.8) is 0 Å². The average molecular weight is 419 g/mol. The smallest absolute Gasteiger partial charge is 0.340 e. The Balaban J connectivity index is 1.52. The van der Waals surface area contributed by atoms with Gasteiger partial charge in [0.15, 0.2) is 6.10 Å². The van der Waals surface area contributed by atoms with Crippen molar-refractivity contribution >= 4 is 35.0 Å². The average Bonchev–Trinajstić information content (AvgIpc) is 3.25. The van der Waals surface area contributed by atoms with Gasteiger partial charge in [0, 0.05) is 22.6 Å². The Bertz CT molecular complexity index is 774. The number of amides is 1. The van der Waals surface area contributed by atoms with Gasteiger partial charge in [0.05, 0.1) is 16.8 Å². The highest BCUT2D eigenvalue weighted by Gasteiger charge is 2.22. The van der Waals surface area contributed by atoms with Crippen LogP contribution in [-0.2, 0) is 15.3 Å². The quantitative estimate of drug-likeness (QED) is 0.498. The molecule has 1 aliphatic rings. The first kappa shape index (κ1) is 20.9. The molecule has 7 heteroatoms. The van der Waals surface area contributed by atoms with Crippen LogP contribution in [0.15, 0.2) is 40.1 Å². The molecule has 5 nitrogen and oxygen atoms in total. The Morgan fingerprint density at radius 3 is 2.82 bits per heavy atom. The van der Waals surface area contributed by atoms with E-state index >= 15 is 0 Å². The molecule has 0 radical (unpaired) electrons. The summed E-state index contributed by atoms with van der Waals surface area (Å²) in [6, 6.07) is 7.32. The van der Waals surface area contributed by atoms with Crippen molar-refractivity contribution in [3.8, 4) is 0 Å². The van der Waals surface area contributed by atoms with Gasteiger partial charge in [-0.3, -0.25) is 4.79 Å². The van der Waals surface area contributed by atoms with Gasteiger partial charge in [-0.15, -0.1) is 23.1 Å². The summed E-state index contributed by atoms with van der Waals surface area (Å²) in [7, 11) is 0. The summed E-state index contributed by atoms with van der Waals surface area (Å²) >= 11 is 3.09. The fourth-order valence-electron chi connectivity index (χ4n) is 3.28. The van der Waals surface area contributed by atoms with E-state index in [4.69, 9.17) is 4.74 Å². The van der Waals surface area contributed by atoms with E-state index in [0.717, 1.165) is 23.4 Å². The van der Waals surface area contributed by atoms with Crippen LogP contribution in [0.2, 0.25) is 0 Å². The Kier molecular flexibility index (Phi) is 7.91. The summed E-state index contributed by atoms with van der Waals surface area (Å²) in [5.74, 6) is 0.530. The van der Waals surface area contributed by atoms with Gasteiger partial charge in [0.1, 0.15) is 0 Å². The Morgan fingerprint density at radius 1 is 1.29 bits per heavy atom. The second-order valence-electron chi connectivity index (χ2n) is 7.06. The van der Waals surface area contributed by atoms with Crippen LogP contribution in [0.5, 0.6) is 0 Å². The molecule has 0 spiro atoms. The van der Waals surface area contributed by atoms with Gasteiger partial charge in [0.2, 0.25) is 0 Å². The van der Waals surface area contributed by atoms with Gasteiger partial charge in [-0.1, -0.05) is 31.4 Å². The number of hydrogen-bond donors (Lipinski definition) is 1. The number of ether oxygens (including phenoxy) is 1. The molecular formula is C21H26N2O3S2. The van der Waals surface area contributed by atoms with Crippen LogP contribution in [0.25, 0.3) is 0 Å². The lowest BCUT2D eigenvalue weighted by molar-refractivity contribution is -0.129. The first-order valence-corrected chi connectivity index (χ1v) is 11.6. The van der Waals surface area contributed by atoms with Gasteiger partial charge in [0.25, 0.3) is 5.91 Å². The molecule has 0 saturated heterocycles. The molecule has 1 N–H and O–H groups in total. The van der Waals surface area contributed by atoms with Crippen LogP contribution in [-0.4, -0.2) is 29.5 Å². The second kappa shape index (κ2) is 10.6. The maximum Gasteiger partial charge on any atom is 0.340 e. The first-order chi connectivity index (χ1) is 13.6. The van der Waals surface area contributed by atoms with E-state index in [9.17, 15) is 9.59 Å². The lowest BCUT2D eigenvalue weighted by Gasteiger charge is -2.22. The Morgan fingerprint density at radius 2 is 2.07 bits per heavy atom. The van der Waals surface area contributed by atoms with Crippen LogP contribution in [0.1, 0.15) is 55.1 Å². The maximum absolute atomic E-state index is 12.6. The van der Waals surface area contributed by atoms with Crippen molar-refractivity contribution < 1.29 is 14.3 Å². The fraction of sp³-hybridized carbons (Fsp3) is 0.476. The van der Waals surface area contributed by atoms with Crippen LogP contribution < -0.4 is 5.32 Å². The number of esters is 1. The summed E-state index contributed by atoms with van der Waals surface area (Å²) in [5.41, 5.74) is 3.26. The van der Waals surface area contributed by atoms with Gasteiger partial charge in [-0.25, -0.2) is 9.78 Å². The standard InChI is InChI=1S/C21H26N2O3S2/c1-15(20(24)22-11-16-7-3-2-4-8-16)26-21(25)18-9-5-6-10-19(18)28-13-17-12-27-14-23-17/h5-6,9-10,12,14-16H,2-4,7-8,11,13H2,1H3,(H,22,24). The van der Waals surface area contributed by atoms with E-state index in [1.807, 2.05) is 17.5 Å². The number of hydrogen-bond acceptors (Lipinski definition) is 6.